The van der Waals surface area contributed by atoms with Gasteiger partial charge in [0, 0.05) is 44.3 Å². The van der Waals surface area contributed by atoms with E-state index >= 15 is 0 Å². The van der Waals surface area contributed by atoms with Crippen LogP contribution in [0.5, 0.6) is 0 Å². The van der Waals surface area contributed by atoms with Crippen molar-refractivity contribution >= 4 is 20.9 Å². The first kappa shape index (κ1) is 18.2. The molecule has 27 heavy (non-hydrogen) atoms. The summed E-state index contributed by atoms with van der Waals surface area (Å²) in [7, 11) is -1.68. The predicted octanol–water partition coefficient (Wildman–Crippen LogP) is 2.76. The Hall–Kier alpha value is -2.22. The maximum absolute atomic E-state index is 14.3. The fourth-order valence-corrected chi connectivity index (χ4v) is 4.91. The van der Waals surface area contributed by atoms with E-state index in [4.69, 9.17) is 0 Å². The summed E-state index contributed by atoms with van der Waals surface area (Å²) in [6.45, 7) is 4.39. The highest BCUT2D eigenvalue weighted by molar-refractivity contribution is 7.90. The molecule has 2 aromatic carbocycles. The van der Waals surface area contributed by atoms with Gasteiger partial charge in [-0.2, -0.15) is 0 Å². The minimum absolute atomic E-state index is 0.187. The highest BCUT2D eigenvalue weighted by Gasteiger charge is 2.21. The van der Waals surface area contributed by atoms with Crippen LogP contribution < -0.4 is 0 Å². The number of aromatic nitrogens is 1. The molecule has 0 saturated carbocycles. The lowest BCUT2D eigenvalue weighted by Crippen LogP contribution is -2.43. The summed E-state index contributed by atoms with van der Waals surface area (Å²) in [5, 5.41) is 0.773. The van der Waals surface area contributed by atoms with Crippen LogP contribution in [0.15, 0.2) is 59.6 Å². The lowest BCUT2D eigenvalue weighted by atomic mass is 10.1. The normalized spacial score (nSPS) is 16.8. The Morgan fingerprint density at radius 3 is 2.41 bits per heavy atom. The van der Waals surface area contributed by atoms with Crippen LogP contribution >= 0.6 is 0 Å². The minimum Gasteiger partial charge on any atom is -0.304 e. The number of likely N-dealkylation sites (N-methyl/N-ethyl adjacent to an activating group) is 1. The molecule has 5 nitrogen and oxygen atoms in total. The van der Waals surface area contributed by atoms with Gasteiger partial charge in [0.25, 0.3) is 10.0 Å². The second-order valence-electron chi connectivity index (χ2n) is 7.01. The van der Waals surface area contributed by atoms with Crippen molar-refractivity contribution in [2.24, 2.45) is 0 Å². The van der Waals surface area contributed by atoms with Crippen LogP contribution in [0.4, 0.5) is 4.39 Å². The highest BCUT2D eigenvalue weighted by Crippen LogP contribution is 2.27. The first-order valence-corrected chi connectivity index (χ1v) is 10.4. The Morgan fingerprint density at radius 2 is 1.70 bits per heavy atom. The van der Waals surface area contributed by atoms with Crippen molar-refractivity contribution in [3.05, 3.63) is 66.1 Å². The summed E-state index contributed by atoms with van der Waals surface area (Å²) in [6, 6.07) is 12.8. The topological polar surface area (TPSA) is 45.5 Å². The van der Waals surface area contributed by atoms with Crippen molar-refractivity contribution in [2.45, 2.75) is 11.4 Å². The fraction of sp³-hybridized carbons (Fsp3) is 0.300. The van der Waals surface area contributed by atoms with E-state index in [1.54, 1.807) is 36.4 Å². The zero-order valence-corrected chi connectivity index (χ0v) is 16.0. The molecule has 0 atom stereocenters. The Balaban J connectivity index is 1.74. The Labute approximate surface area is 158 Å². The number of halogens is 1. The zero-order valence-electron chi connectivity index (χ0n) is 15.2. The fourth-order valence-electron chi connectivity index (χ4n) is 3.55. The first-order valence-electron chi connectivity index (χ1n) is 8.96. The molecule has 4 rings (SSSR count). The van der Waals surface area contributed by atoms with Crippen LogP contribution in [0.2, 0.25) is 0 Å². The van der Waals surface area contributed by atoms with Gasteiger partial charge in [-0.25, -0.2) is 16.8 Å². The van der Waals surface area contributed by atoms with E-state index in [0.29, 0.717) is 12.1 Å². The van der Waals surface area contributed by atoms with Gasteiger partial charge in [0.2, 0.25) is 0 Å². The van der Waals surface area contributed by atoms with Gasteiger partial charge in [-0.3, -0.25) is 4.90 Å². The lowest BCUT2D eigenvalue weighted by Gasteiger charge is -2.32. The number of nitrogens with zero attached hydrogens (tertiary/aromatic N) is 3. The monoisotopic (exact) mass is 387 g/mol. The van der Waals surface area contributed by atoms with E-state index < -0.39 is 15.8 Å². The number of hydrogen-bond donors (Lipinski definition) is 0. The second-order valence-corrected chi connectivity index (χ2v) is 8.82. The third kappa shape index (κ3) is 3.50. The number of hydrogen-bond acceptors (Lipinski definition) is 4. The van der Waals surface area contributed by atoms with E-state index in [9.17, 15) is 12.8 Å². The van der Waals surface area contributed by atoms with Gasteiger partial charge in [-0.1, -0.05) is 18.2 Å². The molecule has 0 radical (unpaired) electrons. The minimum atomic E-state index is -3.77. The van der Waals surface area contributed by atoms with Crippen LogP contribution in [-0.4, -0.2) is 55.4 Å². The summed E-state index contributed by atoms with van der Waals surface area (Å²) >= 11 is 0. The molecule has 1 aliphatic heterocycles. The third-order valence-corrected chi connectivity index (χ3v) is 6.82. The molecule has 1 fully saturated rings. The molecule has 0 N–H and O–H groups in total. The van der Waals surface area contributed by atoms with Gasteiger partial charge in [0.1, 0.15) is 5.82 Å². The van der Waals surface area contributed by atoms with E-state index in [-0.39, 0.29) is 4.90 Å². The summed E-state index contributed by atoms with van der Waals surface area (Å²) in [6.07, 6.45) is 1.51. The molecule has 2 heterocycles. The molecule has 0 unspecified atom stereocenters. The molecule has 0 spiro atoms. The lowest BCUT2D eigenvalue weighted by molar-refractivity contribution is 0.148. The van der Waals surface area contributed by atoms with Crippen molar-refractivity contribution in [1.82, 2.24) is 13.8 Å². The van der Waals surface area contributed by atoms with Crippen molar-refractivity contribution < 1.29 is 12.8 Å². The Kier molecular flexibility index (Phi) is 4.75. The molecule has 0 bridgehead atoms. The molecule has 1 saturated heterocycles. The summed E-state index contributed by atoms with van der Waals surface area (Å²) < 4.78 is 41.5. The Bertz CT molecular complexity index is 1060. The SMILES string of the molecule is CN1CCN(Cc2cc(F)cc3c2ccn3S(=O)(=O)c2ccccc2)CC1. The Morgan fingerprint density at radius 1 is 1.00 bits per heavy atom. The van der Waals surface area contributed by atoms with Crippen molar-refractivity contribution in [3.8, 4) is 0 Å². The van der Waals surface area contributed by atoms with Gasteiger partial charge in [0.15, 0.2) is 0 Å². The number of piperazine rings is 1. The summed E-state index contributed by atoms with van der Waals surface area (Å²) in [5.41, 5.74) is 1.19. The van der Waals surface area contributed by atoms with E-state index in [1.165, 1.54) is 22.3 Å². The number of rotatable bonds is 4. The average Bonchev–Trinajstić information content (AvgIpc) is 3.09. The van der Waals surface area contributed by atoms with Gasteiger partial charge in [-0.05, 0) is 42.9 Å². The largest absolute Gasteiger partial charge is 0.304 e. The van der Waals surface area contributed by atoms with Gasteiger partial charge in [0.05, 0.1) is 10.4 Å². The summed E-state index contributed by atoms with van der Waals surface area (Å²) in [5.74, 6) is -0.421. The molecule has 3 aromatic rings. The van der Waals surface area contributed by atoms with E-state index in [0.717, 1.165) is 37.1 Å². The standard InChI is InChI=1S/C20H22FN3O2S/c1-22-9-11-23(12-10-22)15-16-13-17(21)14-20-19(16)7-8-24(20)27(25,26)18-5-3-2-4-6-18/h2-8,13-14H,9-12,15H2,1H3. The van der Waals surface area contributed by atoms with Crippen LogP contribution in [0, 0.1) is 5.82 Å². The van der Waals surface area contributed by atoms with Crippen molar-refractivity contribution in [3.63, 3.8) is 0 Å². The maximum Gasteiger partial charge on any atom is 0.268 e. The molecule has 1 aromatic heterocycles. The average molecular weight is 387 g/mol. The second kappa shape index (κ2) is 7.07. The van der Waals surface area contributed by atoms with Gasteiger partial charge >= 0.3 is 0 Å². The third-order valence-electron chi connectivity index (χ3n) is 5.11. The quantitative estimate of drug-likeness (QED) is 0.691. The molecular formula is C20H22FN3O2S. The van der Waals surface area contributed by atoms with Crippen LogP contribution in [0.1, 0.15) is 5.56 Å². The molecule has 0 amide bonds. The maximum atomic E-state index is 14.3. The molecule has 0 aliphatic carbocycles. The highest BCUT2D eigenvalue weighted by atomic mass is 32.2. The first-order chi connectivity index (χ1) is 12.9. The zero-order chi connectivity index (χ0) is 19.0. The molecule has 7 heteroatoms. The van der Waals surface area contributed by atoms with Crippen molar-refractivity contribution in [2.75, 3.05) is 33.2 Å². The molecule has 142 valence electrons. The van der Waals surface area contributed by atoms with Crippen LogP contribution in [-0.2, 0) is 16.6 Å². The van der Waals surface area contributed by atoms with Crippen LogP contribution in [0.25, 0.3) is 10.9 Å². The van der Waals surface area contributed by atoms with Gasteiger partial charge in [-0.15, -0.1) is 0 Å². The van der Waals surface area contributed by atoms with Gasteiger partial charge < -0.3 is 4.90 Å². The smallest absolute Gasteiger partial charge is 0.268 e. The van der Waals surface area contributed by atoms with E-state index in [1.807, 2.05) is 0 Å². The molecular weight excluding hydrogens is 365 g/mol. The summed E-state index contributed by atoms with van der Waals surface area (Å²) in [4.78, 5) is 4.73. The van der Waals surface area contributed by atoms with Crippen molar-refractivity contribution in [1.29, 1.82) is 0 Å². The predicted molar refractivity (Wildman–Crippen MR) is 104 cm³/mol. The van der Waals surface area contributed by atoms with E-state index in [2.05, 4.69) is 16.8 Å². The number of fused-ring (bicyclic) bond motifs is 1. The molecule has 1 aliphatic rings. The number of benzene rings is 2. The van der Waals surface area contributed by atoms with Crippen LogP contribution in [0.3, 0.4) is 0 Å².